The molecule has 1 atom stereocenters. The molecule has 1 aliphatic heterocycles. The third-order valence-corrected chi connectivity index (χ3v) is 3.61. The first-order valence-corrected chi connectivity index (χ1v) is 6.70. The van der Waals surface area contributed by atoms with Gasteiger partial charge in [0.1, 0.15) is 6.54 Å². The van der Waals surface area contributed by atoms with Crippen LogP contribution in [0.3, 0.4) is 0 Å². The van der Waals surface area contributed by atoms with Crippen LogP contribution in [0.15, 0.2) is 35.1 Å². The van der Waals surface area contributed by atoms with Crippen molar-refractivity contribution >= 4 is 11.0 Å². The van der Waals surface area contributed by atoms with Crippen molar-refractivity contribution in [1.29, 1.82) is 0 Å². The zero-order valence-corrected chi connectivity index (χ0v) is 10.9. The van der Waals surface area contributed by atoms with E-state index in [1.807, 2.05) is 28.8 Å². The van der Waals surface area contributed by atoms with Crippen molar-refractivity contribution in [3.8, 4) is 0 Å². The fourth-order valence-corrected chi connectivity index (χ4v) is 2.52. The van der Waals surface area contributed by atoms with Crippen LogP contribution >= 0.6 is 0 Å². The van der Waals surface area contributed by atoms with Gasteiger partial charge in [-0.15, -0.1) is 0 Å². The molecule has 0 bridgehead atoms. The van der Waals surface area contributed by atoms with Gasteiger partial charge in [-0.1, -0.05) is 17.3 Å². The average molecular weight is 270 g/mol. The van der Waals surface area contributed by atoms with Crippen molar-refractivity contribution < 1.29 is 9.26 Å². The Morgan fingerprint density at radius 3 is 3.15 bits per heavy atom. The fraction of sp³-hybridized carbons (Fsp3) is 0.357. The third-order valence-electron chi connectivity index (χ3n) is 3.61. The van der Waals surface area contributed by atoms with Gasteiger partial charge in [0.25, 0.3) is 0 Å². The van der Waals surface area contributed by atoms with Gasteiger partial charge in [-0.2, -0.15) is 4.98 Å². The summed E-state index contributed by atoms with van der Waals surface area (Å²) in [4.78, 5) is 8.82. The first-order chi connectivity index (χ1) is 9.90. The van der Waals surface area contributed by atoms with Crippen LogP contribution in [0.25, 0.3) is 11.0 Å². The molecular formula is C14H14N4O2. The van der Waals surface area contributed by atoms with Crippen LogP contribution < -0.4 is 0 Å². The minimum absolute atomic E-state index is 0.270. The molecule has 0 radical (unpaired) electrons. The van der Waals surface area contributed by atoms with Crippen LogP contribution in [0.1, 0.15) is 24.1 Å². The van der Waals surface area contributed by atoms with E-state index in [1.54, 1.807) is 6.33 Å². The van der Waals surface area contributed by atoms with Gasteiger partial charge >= 0.3 is 0 Å². The lowest BCUT2D eigenvalue weighted by atomic mass is 10.1. The molecule has 4 rings (SSSR count). The summed E-state index contributed by atoms with van der Waals surface area (Å²) in [6, 6.07) is 7.99. The quantitative estimate of drug-likeness (QED) is 0.728. The van der Waals surface area contributed by atoms with E-state index in [0.29, 0.717) is 19.0 Å². The van der Waals surface area contributed by atoms with Gasteiger partial charge < -0.3 is 13.8 Å². The van der Waals surface area contributed by atoms with Gasteiger partial charge in [0.05, 0.1) is 24.0 Å². The van der Waals surface area contributed by atoms with Crippen LogP contribution in [0.4, 0.5) is 0 Å². The van der Waals surface area contributed by atoms with Crippen molar-refractivity contribution in [1.82, 2.24) is 19.7 Å². The van der Waals surface area contributed by atoms with Gasteiger partial charge in [0.15, 0.2) is 5.82 Å². The summed E-state index contributed by atoms with van der Waals surface area (Å²) in [6.45, 7) is 2.01. The number of benzene rings is 1. The van der Waals surface area contributed by atoms with E-state index in [4.69, 9.17) is 9.26 Å². The Bertz CT molecular complexity index is 727. The Balaban J connectivity index is 1.59. The minimum atomic E-state index is 0.270. The molecule has 0 saturated carbocycles. The molecule has 0 amide bonds. The number of aromatic nitrogens is 4. The van der Waals surface area contributed by atoms with E-state index >= 15 is 0 Å². The van der Waals surface area contributed by atoms with Crippen molar-refractivity contribution in [3.05, 3.63) is 42.3 Å². The number of fused-ring (bicyclic) bond motifs is 1. The third kappa shape index (κ3) is 1.98. The van der Waals surface area contributed by atoms with E-state index in [0.717, 1.165) is 29.9 Å². The molecule has 0 unspecified atom stereocenters. The zero-order chi connectivity index (χ0) is 13.4. The van der Waals surface area contributed by atoms with Crippen LogP contribution in [0.2, 0.25) is 0 Å². The van der Waals surface area contributed by atoms with Gasteiger partial charge in [-0.3, -0.25) is 0 Å². The minimum Gasteiger partial charge on any atom is -0.381 e. The summed E-state index contributed by atoms with van der Waals surface area (Å²) < 4.78 is 12.7. The van der Waals surface area contributed by atoms with Crippen molar-refractivity contribution in [2.45, 2.75) is 18.9 Å². The molecule has 6 nitrogen and oxygen atoms in total. The van der Waals surface area contributed by atoms with Gasteiger partial charge in [-0.25, -0.2) is 4.98 Å². The van der Waals surface area contributed by atoms with Crippen LogP contribution in [-0.2, 0) is 11.3 Å². The van der Waals surface area contributed by atoms with E-state index in [9.17, 15) is 0 Å². The predicted molar refractivity (Wildman–Crippen MR) is 71.3 cm³/mol. The Labute approximate surface area is 115 Å². The van der Waals surface area contributed by atoms with Crippen LogP contribution in [0, 0.1) is 0 Å². The number of ether oxygens (including phenoxy) is 1. The van der Waals surface area contributed by atoms with E-state index in [-0.39, 0.29) is 5.92 Å². The molecule has 6 heteroatoms. The maximum absolute atomic E-state index is 5.35. The number of hydrogen-bond donors (Lipinski definition) is 0. The lowest BCUT2D eigenvalue weighted by Crippen LogP contribution is -2.02. The van der Waals surface area contributed by atoms with Gasteiger partial charge in [0.2, 0.25) is 5.89 Å². The maximum Gasteiger partial charge on any atom is 0.246 e. The molecule has 1 fully saturated rings. The zero-order valence-electron chi connectivity index (χ0n) is 10.9. The maximum atomic E-state index is 5.35. The second-order valence-corrected chi connectivity index (χ2v) is 4.97. The molecule has 3 aromatic rings. The molecule has 0 N–H and O–H groups in total. The summed E-state index contributed by atoms with van der Waals surface area (Å²) in [6.07, 6.45) is 2.76. The SMILES string of the molecule is c1ccc2c(c1)ncn2Cc1nc([C@@H]2CCOC2)no1. The Morgan fingerprint density at radius 1 is 1.30 bits per heavy atom. The van der Waals surface area contributed by atoms with Gasteiger partial charge in [0, 0.05) is 12.5 Å². The smallest absolute Gasteiger partial charge is 0.246 e. The summed E-state index contributed by atoms with van der Waals surface area (Å²) in [5.41, 5.74) is 2.04. The number of imidazole rings is 1. The highest BCUT2D eigenvalue weighted by Crippen LogP contribution is 2.22. The highest BCUT2D eigenvalue weighted by Gasteiger charge is 2.23. The first-order valence-electron chi connectivity index (χ1n) is 6.70. The second-order valence-electron chi connectivity index (χ2n) is 4.97. The Kier molecular flexibility index (Phi) is 2.74. The van der Waals surface area contributed by atoms with Crippen LogP contribution in [-0.4, -0.2) is 32.9 Å². The predicted octanol–water partition coefficient (Wildman–Crippen LogP) is 1.97. The molecule has 2 aromatic heterocycles. The number of rotatable bonds is 3. The summed E-state index contributed by atoms with van der Waals surface area (Å²) in [5.74, 6) is 1.63. The number of nitrogens with zero attached hydrogens (tertiary/aromatic N) is 4. The first kappa shape index (κ1) is 11.6. The molecule has 0 aliphatic carbocycles. The Morgan fingerprint density at radius 2 is 2.25 bits per heavy atom. The highest BCUT2D eigenvalue weighted by atomic mass is 16.5. The number of hydrogen-bond acceptors (Lipinski definition) is 5. The van der Waals surface area contributed by atoms with Gasteiger partial charge in [-0.05, 0) is 18.6 Å². The van der Waals surface area contributed by atoms with Crippen molar-refractivity contribution in [2.75, 3.05) is 13.2 Å². The van der Waals surface area contributed by atoms with E-state index in [1.165, 1.54) is 0 Å². The molecule has 1 aliphatic rings. The van der Waals surface area contributed by atoms with Crippen LogP contribution in [0.5, 0.6) is 0 Å². The van der Waals surface area contributed by atoms with E-state index < -0.39 is 0 Å². The lowest BCUT2D eigenvalue weighted by Gasteiger charge is -1.99. The number of para-hydroxylation sites is 2. The summed E-state index contributed by atoms with van der Waals surface area (Å²) in [5, 5.41) is 4.06. The fourth-order valence-electron chi connectivity index (χ4n) is 2.52. The second kappa shape index (κ2) is 4.72. The molecule has 0 spiro atoms. The molecule has 20 heavy (non-hydrogen) atoms. The largest absolute Gasteiger partial charge is 0.381 e. The molecule has 1 aromatic carbocycles. The van der Waals surface area contributed by atoms with Crippen molar-refractivity contribution in [2.24, 2.45) is 0 Å². The molecule has 102 valence electrons. The molecule has 1 saturated heterocycles. The van der Waals surface area contributed by atoms with E-state index in [2.05, 4.69) is 15.1 Å². The molecular weight excluding hydrogens is 256 g/mol. The Hall–Kier alpha value is -2.21. The highest BCUT2D eigenvalue weighted by molar-refractivity contribution is 5.74. The summed E-state index contributed by atoms with van der Waals surface area (Å²) >= 11 is 0. The average Bonchev–Trinajstić information content (AvgIpc) is 3.19. The monoisotopic (exact) mass is 270 g/mol. The lowest BCUT2D eigenvalue weighted by molar-refractivity contribution is 0.192. The van der Waals surface area contributed by atoms with Crippen molar-refractivity contribution in [3.63, 3.8) is 0 Å². The normalized spacial score (nSPS) is 18.9. The molecule has 3 heterocycles. The standard InChI is InChI=1S/C14H14N4O2/c1-2-4-12-11(3-1)15-9-18(12)7-13-16-14(17-20-13)10-5-6-19-8-10/h1-4,9-10H,5-8H2/t10-/m1/s1. The summed E-state index contributed by atoms with van der Waals surface area (Å²) in [7, 11) is 0. The topological polar surface area (TPSA) is 66.0 Å².